The van der Waals surface area contributed by atoms with Crippen molar-refractivity contribution in [1.29, 1.82) is 0 Å². The van der Waals surface area contributed by atoms with Crippen molar-refractivity contribution < 1.29 is 9.53 Å². The van der Waals surface area contributed by atoms with E-state index in [9.17, 15) is 4.79 Å². The van der Waals surface area contributed by atoms with Crippen LogP contribution in [0.2, 0.25) is 0 Å². The highest BCUT2D eigenvalue weighted by Crippen LogP contribution is 2.23. The molecule has 2 aromatic rings. The van der Waals surface area contributed by atoms with Gasteiger partial charge in [0.2, 0.25) is 11.8 Å². The standard InChI is InChI=1S/C15H19N5O2S/c1-10-5-14(18-9-17-10)22-12-3-4-20(7-12)8-13-6-16-15(23-13)19-11(2)21/h5-6,9,12H,3-4,7-8H2,1-2H3,(H,16,19,21)/t12-/m1/s1. The number of rotatable bonds is 5. The summed E-state index contributed by atoms with van der Waals surface area (Å²) in [7, 11) is 0. The number of carbonyl (C=O) groups excluding carboxylic acids is 1. The van der Waals surface area contributed by atoms with Gasteiger partial charge >= 0.3 is 0 Å². The Morgan fingerprint density at radius 3 is 3.13 bits per heavy atom. The number of hydrogen-bond acceptors (Lipinski definition) is 7. The number of anilines is 1. The lowest BCUT2D eigenvalue weighted by molar-refractivity contribution is -0.114. The van der Waals surface area contributed by atoms with Crippen LogP contribution in [0.15, 0.2) is 18.6 Å². The number of hydrogen-bond donors (Lipinski definition) is 1. The van der Waals surface area contributed by atoms with Crippen LogP contribution < -0.4 is 10.1 Å². The van der Waals surface area contributed by atoms with E-state index in [4.69, 9.17) is 4.74 Å². The fourth-order valence-electron chi connectivity index (χ4n) is 2.51. The van der Waals surface area contributed by atoms with Crippen LogP contribution in [0, 0.1) is 6.92 Å². The first-order valence-electron chi connectivity index (χ1n) is 7.48. The lowest BCUT2D eigenvalue weighted by atomic mass is 10.3. The zero-order valence-corrected chi connectivity index (χ0v) is 14.0. The molecule has 0 aromatic carbocycles. The number of carbonyl (C=O) groups is 1. The Bertz CT molecular complexity index is 690. The quantitative estimate of drug-likeness (QED) is 0.899. The van der Waals surface area contributed by atoms with Gasteiger partial charge in [0.25, 0.3) is 0 Å². The van der Waals surface area contributed by atoms with Crippen LogP contribution in [-0.4, -0.2) is 45.0 Å². The van der Waals surface area contributed by atoms with Crippen molar-refractivity contribution >= 4 is 22.4 Å². The van der Waals surface area contributed by atoms with Gasteiger partial charge in [-0.1, -0.05) is 0 Å². The van der Waals surface area contributed by atoms with Gasteiger partial charge < -0.3 is 10.1 Å². The summed E-state index contributed by atoms with van der Waals surface area (Å²) >= 11 is 1.51. The second-order valence-electron chi connectivity index (χ2n) is 5.57. The van der Waals surface area contributed by atoms with Crippen molar-refractivity contribution in [3.05, 3.63) is 29.2 Å². The van der Waals surface area contributed by atoms with Gasteiger partial charge in [0, 0.05) is 49.4 Å². The van der Waals surface area contributed by atoms with Gasteiger partial charge in [-0.25, -0.2) is 15.0 Å². The summed E-state index contributed by atoms with van der Waals surface area (Å²) in [4.78, 5) is 26.9. The van der Waals surface area contributed by atoms with Crippen molar-refractivity contribution in [2.24, 2.45) is 0 Å². The predicted octanol–water partition coefficient (Wildman–Crippen LogP) is 1.85. The minimum absolute atomic E-state index is 0.0966. The molecule has 122 valence electrons. The van der Waals surface area contributed by atoms with Crippen molar-refractivity contribution in [1.82, 2.24) is 19.9 Å². The predicted molar refractivity (Wildman–Crippen MR) is 87.5 cm³/mol. The molecule has 1 amide bonds. The van der Waals surface area contributed by atoms with Crippen LogP contribution >= 0.6 is 11.3 Å². The summed E-state index contributed by atoms with van der Waals surface area (Å²) in [6.45, 7) is 6.06. The van der Waals surface area contributed by atoms with Crippen molar-refractivity contribution in [3.8, 4) is 5.88 Å². The zero-order chi connectivity index (χ0) is 16.2. The molecule has 8 heteroatoms. The van der Waals surface area contributed by atoms with E-state index < -0.39 is 0 Å². The SMILES string of the molecule is CC(=O)Nc1ncc(CN2CC[C@@H](Oc3cc(C)ncn3)C2)s1. The summed E-state index contributed by atoms with van der Waals surface area (Å²) < 4.78 is 5.92. The number of aryl methyl sites for hydroxylation is 1. The van der Waals surface area contributed by atoms with Crippen LogP contribution in [0.1, 0.15) is 23.9 Å². The summed E-state index contributed by atoms with van der Waals surface area (Å²) in [6, 6.07) is 1.85. The molecule has 0 aliphatic carbocycles. The van der Waals surface area contributed by atoms with Gasteiger partial charge in [0.05, 0.1) is 0 Å². The minimum atomic E-state index is -0.0966. The van der Waals surface area contributed by atoms with Crippen molar-refractivity contribution in [2.45, 2.75) is 32.9 Å². The van der Waals surface area contributed by atoms with E-state index in [1.807, 2.05) is 19.2 Å². The Morgan fingerprint density at radius 1 is 1.48 bits per heavy atom. The number of thiazole rings is 1. The Kier molecular flexibility index (Phi) is 4.82. The summed E-state index contributed by atoms with van der Waals surface area (Å²) in [5, 5.41) is 3.36. The van der Waals surface area contributed by atoms with E-state index >= 15 is 0 Å². The first-order valence-corrected chi connectivity index (χ1v) is 8.30. The van der Waals surface area contributed by atoms with Gasteiger partial charge in [-0.15, -0.1) is 11.3 Å². The zero-order valence-electron chi connectivity index (χ0n) is 13.2. The molecule has 23 heavy (non-hydrogen) atoms. The number of nitrogens with one attached hydrogen (secondary N) is 1. The Hall–Kier alpha value is -2.06. The third-order valence-corrected chi connectivity index (χ3v) is 4.41. The fraction of sp³-hybridized carbons (Fsp3) is 0.467. The molecule has 2 aromatic heterocycles. The topological polar surface area (TPSA) is 80.2 Å². The second-order valence-corrected chi connectivity index (χ2v) is 6.69. The normalized spacial score (nSPS) is 18.1. The molecule has 0 bridgehead atoms. The maximum absolute atomic E-state index is 11.0. The van der Waals surface area contributed by atoms with Gasteiger partial charge in [0.15, 0.2) is 5.13 Å². The van der Waals surface area contributed by atoms with Crippen molar-refractivity contribution in [3.63, 3.8) is 0 Å². The summed E-state index contributed by atoms with van der Waals surface area (Å²) in [5.74, 6) is 0.538. The number of amides is 1. The van der Waals surface area contributed by atoms with E-state index in [1.165, 1.54) is 24.6 Å². The highest BCUT2D eigenvalue weighted by molar-refractivity contribution is 7.15. The van der Waals surface area contributed by atoms with E-state index in [-0.39, 0.29) is 12.0 Å². The van der Waals surface area contributed by atoms with Crippen LogP contribution in [0.4, 0.5) is 5.13 Å². The maximum Gasteiger partial charge on any atom is 0.223 e. The molecule has 3 rings (SSSR count). The number of ether oxygens (including phenoxy) is 1. The second kappa shape index (κ2) is 7.01. The molecule has 1 aliphatic rings. The molecular weight excluding hydrogens is 314 g/mol. The Labute approximate surface area is 138 Å². The van der Waals surface area contributed by atoms with Crippen LogP contribution in [0.25, 0.3) is 0 Å². The highest BCUT2D eigenvalue weighted by Gasteiger charge is 2.25. The van der Waals surface area contributed by atoms with Gasteiger partial charge in [-0.2, -0.15) is 0 Å². The number of aromatic nitrogens is 3. The van der Waals surface area contributed by atoms with E-state index in [1.54, 1.807) is 0 Å². The fourth-order valence-corrected chi connectivity index (χ4v) is 3.41. The van der Waals surface area contributed by atoms with Crippen LogP contribution in [-0.2, 0) is 11.3 Å². The Morgan fingerprint density at radius 2 is 2.35 bits per heavy atom. The lowest BCUT2D eigenvalue weighted by Gasteiger charge is -2.15. The molecular formula is C15H19N5O2S. The number of nitrogens with zero attached hydrogens (tertiary/aromatic N) is 4. The summed E-state index contributed by atoms with van der Waals surface area (Å²) in [6.07, 6.45) is 4.46. The average molecular weight is 333 g/mol. The smallest absolute Gasteiger partial charge is 0.223 e. The molecule has 1 aliphatic heterocycles. The third-order valence-electron chi connectivity index (χ3n) is 3.51. The maximum atomic E-state index is 11.0. The minimum Gasteiger partial charge on any atom is -0.473 e. The van der Waals surface area contributed by atoms with Gasteiger partial charge in [-0.05, 0) is 13.3 Å². The first-order chi connectivity index (χ1) is 11.1. The highest BCUT2D eigenvalue weighted by atomic mass is 32.1. The monoisotopic (exact) mass is 333 g/mol. The molecule has 0 saturated carbocycles. The van der Waals surface area contributed by atoms with E-state index in [2.05, 4.69) is 25.2 Å². The third kappa shape index (κ3) is 4.46. The number of likely N-dealkylation sites (tertiary alicyclic amines) is 1. The molecule has 0 spiro atoms. The molecule has 3 heterocycles. The lowest BCUT2D eigenvalue weighted by Crippen LogP contribution is -2.24. The van der Waals surface area contributed by atoms with Crippen LogP contribution in [0.5, 0.6) is 5.88 Å². The molecule has 1 N–H and O–H groups in total. The largest absolute Gasteiger partial charge is 0.473 e. The van der Waals surface area contributed by atoms with Crippen molar-refractivity contribution in [2.75, 3.05) is 18.4 Å². The van der Waals surface area contributed by atoms with Gasteiger partial charge in [-0.3, -0.25) is 9.69 Å². The molecule has 1 saturated heterocycles. The van der Waals surface area contributed by atoms with Gasteiger partial charge in [0.1, 0.15) is 12.4 Å². The van der Waals surface area contributed by atoms with Crippen LogP contribution in [0.3, 0.4) is 0 Å². The molecule has 1 atom stereocenters. The molecule has 1 fully saturated rings. The summed E-state index contributed by atoms with van der Waals surface area (Å²) in [5.41, 5.74) is 0.903. The molecule has 0 unspecified atom stereocenters. The van der Waals surface area contributed by atoms with E-state index in [0.717, 1.165) is 36.6 Å². The first kappa shape index (κ1) is 15.8. The molecule has 0 radical (unpaired) electrons. The average Bonchev–Trinajstić information content (AvgIpc) is 3.09. The molecule has 7 nitrogen and oxygen atoms in total. The Balaban J connectivity index is 1.51. The van der Waals surface area contributed by atoms with E-state index in [0.29, 0.717) is 11.0 Å².